The molecule has 0 fully saturated rings. The first-order chi connectivity index (χ1) is 31.1. The van der Waals surface area contributed by atoms with E-state index in [4.69, 9.17) is 28.7 Å². The summed E-state index contributed by atoms with van der Waals surface area (Å²) in [5.74, 6) is -11.5. The summed E-state index contributed by atoms with van der Waals surface area (Å²) >= 11 is 0. The Hall–Kier alpha value is -7.09. The number of nitrogens with two attached hydrogens (primary N) is 5. The fourth-order valence-electron chi connectivity index (χ4n) is 6.15. The summed E-state index contributed by atoms with van der Waals surface area (Å²) in [5.41, 5.74) is 27.3. The van der Waals surface area contributed by atoms with Crippen LogP contribution in [0.5, 0.6) is 5.75 Å². The van der Waals surface area contributed by atoms with Gasteiger partial charge in [0.05, 0.1) is 25.0 Å². The highest BCUT2D eigenvalue weighted by Crippen LogP contribution is 2.14. The fraction of sp³-hybridized carbons (Fsp3) is 0.585. The van der Waals surface area contributed by atoms with Gasteiger partial charge >= 0.3 is 5.97 Å². The van der Waals surface area contributed by atoms with Crippen LogP contribution in [0.15, 0.2) is 29.3 Å². The van der Waals surface area contributed by atoms with Crippen molar-refractivity contribution in [3.63, 3.8) is 0 Å². The van der Waals surface area contributed by atoms with E-state index in [0.717, 1.165) is 6.92 Å². The number of carboxylic acid groups (broad SMARTS) is 1. The van der Waals surface area contributed by atoms with Gasteiger partial charge in [0, 0.05) is 13.0 Å². The standard InChI is InChI=1S/C41H67N13O13/c1-18(2)14-26(37(64)53-31(19(3)4)39(66)48-20(5)33(44)60)50-36(63)28(17-30(58)59)52-40(67)32(21(6)55)54-38(65)27(15-22-9-11-23(56)12-10-22)51-35(62)25(8-7-13-47-41(45)46)49-34(61)24(42)16-29(43)57/h9-12,18-21,24-28,31-32,55-56H,7-8,13-17,42H2,1-6H3,(H2,43,57)(H2,44,60)(H,48,66)(H,49,61)(H,50,63)(H,51,62)(H,52,67)(H,53,64)(H,54,65)(H,58,59)(H4,45,46,47)/t20-,21+,24-,25-,26-,27-,28-,31-,32-/m0/s1. The Morgan fingerprint density at radius 1 is 0.612 bits per heavy atom. The molecular weight excluding hydrogens is 883 g/mol. The SMILES string of the molecule is CC(C)C[C@H](NC(=O)[C@H](CC(=O)O)NC(=O)[C@@H](NC(=O)[C@H](Cc1ccc(O)cc1)NC(=O)[C@H](CCCN=C(N)N)NC(=O)[C@@H](N)CC(N)=O)[C@@H](C)O)C(=O)N[C@H](C(=O)N[C@@H](C)C(N)=O)C(C)C. The Morgan fingerprint density at radius 3 is 1.61 bits per heavy atom. The van der Waals surface area contributed by atoms with Crippen molar-refractivity contribution in [3.05, 3.63) is 29.8 Å². The summed E-state index contributed by atoms with van der Waals surface area (Å²) in [7, 11) is 0. The van der Waals surface area contributed by atoms with Gasteiger partial charge in [-0.25, -0.2) is 0 Å². The van der Waals surface area contributed by atoms with Gasteiger partial charge < -0.3 is 81.2 Å². The zero-order chi connectivity index (χ0) is 51.3. The first kappa shape index (κ1) is 57.9. The molecule has 1 aromatic carbocycles. The molecule has 0 spiro atoms. The van der Waals surface area contributed by atoms with E-state index in [1.165, 1.54) is 31.2 Å². The van der Waals surface area contributed by atoms with Crippen molar-refractivity contribution in [1.82, 2.24) is 37.2 Å². The van der Waals surface area contributed by atoms with Gasteiger partial charge in [0.1, 0.15) is 48.0 Å². The van der Waals surface area contributed by atoms with Gasteiger partial charge in [-0.15, -0.1) is 0 Å². The molecule has 0 radical (unpaired) electrons. The zero-order valence-corrected chi connectivity index (χ0v) is 38.4. The Labute approximate surface area is 387 Å². The number of aliphatic carboxylic acids is 1. The number of guanidine groups is 1. The van der Waals surface area contributed by atoms with Gasteiger partial charge in [0.2, 0.25) is 53.2 Å². The summed E-state index contributed by atoms with van der Waals surface area (Å²) in [6.45, 7) is 9.09. The number of aliphatic hydroxyl groups excluding tert-OH is 1. The molecule has 9 amide bonds. The molecule has 9 atom stereocenters. The van der Waals surface area contributed by atoms with E-state index >= 15 is 0 Å². The van der Waals surface area contributed by atoms with E-state index in [9.17, 15) is 63.3 Å². The van der Waals surface area contributed by atoms with E-state index in [-0.39, 0.29) is 49.9 Å². The Morgan fingerprint density at radius 2 is 1.10 bits per heavy atom. The third kappa shape index (κ3) is 21.6. The second-order valence-electron chi connectivity index (χ2n) is 16.7. The number of amides is 9. The molecule has 0 unspecified atom stereocenters. The van der Waals surface area contributed by atoms with Gasteiger partial charge in [-0.3, -0.25) is 52.9 Å². The summed E-state index contributed by atoms with van der Waals surface area (Å²) in [5, 5.41) is 47.0. The molecule has 1 rings (SSSR count). The van der Waals surface area contributed by atoms with Crippen LogP contribution in [0.3, 0.4) is 0 Å². The molecule has 20 N–H and O–H groups in total. The summed E-state index contributed by atoms with van der Waals surface area (Å²) < 4.78 is 0. The summed E-state index contributed by atoms with van der Waals surface area (Å²) in [4.78, 5) is 134. The van der Waals surface area contributed by atoms with Gasteiger partial charge in [-0.1, -0.05) is 39.8 Å². The number of phenolic OH excluding ortho intramolecular Hbond substituents is 1. The van der Waals surface area contributed by atoms with Crippen LogP contribution in [-0.2, 0) is 54.4 Å². The van der Waals surface area contributed by atoms with E-state index in [1.54, 1.807) is 27.7 Å². The van der Waals surface area contributed by atoms with E-state index in [0.29, 0.717) is 5.56 Å². The molecule has 67 heavy (non-hydrogen) atoms. The number of nitrogens with zero attached hydrogens (tertiary/aromatic N) is 1. The highest BCUT2D eigenvalue weighted by Gasteiger charge is 2.37. The molecule has 0 aliphatic heterocycles. The quantitative estimate of drug-likeness (QED) is 0.0203. The van der Waals surface area contributed by atoms with Crippen molar-refractivity contribution in [2.45, 2.75) is 135 Å². The predicted octanol–water partition coefficient (Wildman–Crippen LogP) is -5.35. The minimum Gasteiger partial charge on any atom is -0.508 e. The van der Waals surface area contributed by atoms with Crippen LogP contribution in [0.4, 0.5) is 0 Å². The van der Waals surface area contributed by atoms with Crippen LogP contribution in [0.2, 0.25) is 0 Å². The number of hydrogen-bond acceptors (Lipinski definition) is 14. The van der Waals surface area contributed by atoms with Gasteiger partial charge in [0.25, 0.3) is 0 Å². The zero-order valence-electron chi connectivity index (χ0n) is 38.4. The van der Waals surface area contributed by atoms with Crippen molar-refractivity contribution >= 4 is 65.1 Å². The van der Waals surface area contributed by atoms with Crippen LogP contribution >= 0.6 is 0 Å². The number of carboxylic acids is 1. The van der Waals surface area contributed by atoms with Crippen molar-refractivity contribution in [2.75, 3.05) is 6.54 Å². The number of hydrogen-bond donors (Lipinski definition) is 15. The minimum atomic E-state index is -1.92. The highest BCUT2D eigenvalue weighted by molar-refractivity contribution is 5.99. The van der Waals surface area contributed by atoms with Crippen LogP contribution in [-0.4, -0.2) is 141 Å². The maximum atomic E-state index is 14.0. The molecule has 0 heterocycles. The molecule has 1 aromatic rings. The number of aliphatic hydroxyl groups is 1. The maximum Gasteiger partial charge on any atom is 0.305 e. The molecule has 26 nitrogen and oxygen atoms in total. The predicted molar refractivity (Wildman–Crippen MR) is 240 cm³/mol. The number of primary amides is 2. The van der Waals surface area contributed by atoms with Crippen molar-refractivity contribution in [2.24, 2.45) is 45.5 Å². The molecule has 0 saturated carbocycles. The summed E-state index contributed by atoms with van der Waals surface area (Å²) in [6, 6.07) is -6.54. The third-order valence-corrected chi connectivity index (χ3v) is 9.79. The normalized spacial score (nSPS) is 15.1. The molecule has 0 saturated heterocycles. The first-order valence-corrected chi connectivity index (χ1v) is 21.3. The average molecular weight is 950 g/mol. The Bertz CT molecular complexity index is 1940. The number of carbonyl (C=O) groups excluding carboxylic acids is 9. The third-order valence-electron chi connectivity index (χ3n) is 9.79. The number of rotatable bonds is 29. The van der Waals surface area contributed by atoms with Crippen molar-refractivity contribution in [1.29, 1.82) is 0 Å². The lowest BCUT2D eigenvalue weighted by Gasteiger charge is -2.29. The number of aromatic hydroxyl groups is 1. The average Bonchev–Trinajstić information content (AvgIpc) is 3.21. The van der Waals surface area contributed by atoms with E-state index < -0.39 is 132 Å². The number of aliphatic imine (C=N–C) groups is 1. The fourth-order valence-corrected chi connectivity index (χ4v) is 6.15. The molecule has 0 bridgehead atoms. The number of benzene rings is 1. The molecule has 0 aromatic heterocycles. The molecule has 0 aliphatic rings. The molecule has 374 valence electrons. The smallest absolute Gasteiger partial charge is 0.305 e. The second kappa shape index (κ2) is 28.1. The van der Waals surface area contributed by atoms with E-state index in [2.05, 4.69) is 42.2 Å². The lowest BCUT2D eigenvalue weighted by atomic mass is 9.99. The van der Waals surface area contributed by atoms with Crippen LogP contribution in [0.1, 0.15) is 79.2 Å². The van der Waals surface area contributed by atoms with Crippen molar-refractivity contribution in [3.8, 4) is 5.75 Å². The lowest BCUT2D eigenvalue weighted by molar-refractivity contribution is -0.142. The maximum absolute atomic E-state index is 14.0. The van der Waals surface area contributed by atoms with Crippen LogP contribution in [0.25, 0.3) is 0 Å². The highest BCUT2D eigenvalue weighted by atomic mass is 16.4. The summed E-state index contributed by atoms with van der Waals surface area (Å²) in [6.07, 6.45) is -3.69. The number of phenols is 1. The topological polar surface area (TPSA) is 458 Å². The number of nitrogens with one attached hydrogen (secondary N) is 7. The minimum absolute atomic E-state index is 0.0147. The molecular formula is C41H67N13O13. The lowest BCUT2D eigenvalue weighted by Crippen LogP contribution is -2.62. The first-order valence-electron chi connectivity index (χ1n) is 21.3. The van der Waals surface area contributed by atoms with Crippen LogP contribution in [0, 0.1) is 11.8 Å². The Kier molecular flexibility index (Phi) is 24.3. The van der Waals surface area contributed by atoms with Crippen molar-refractivity contribution < 1.29 is 63.3 Å². The largest absolute Gasteiger partial charge is 0.508 e. The van der Waals surface area contributed by atoms with E-state index in [1.807, 2.05) is 0 Å². The van der Waals surface area contributed by atoms with Gasteiger partial charge in [-0.2, -0.15) is 0 Å². The van der Waals surface area contributed by atoms with Gasteiger partial charge in [-0.05, 0) is 62.6 Å². The monoisotopic (exact) mass is 949 g/mol. The van der Waals surface area contributed by atoms with Crippen LogP contribution < -0.4 is 65.9 Å². The number of carbonyl (C=O) groups is 10. The second-order valence-corrected chi connectivity index (χ2v) is 16.7. The van der Waals surface area contributed by atoms with Gasteiger partial charge in [0.15, 0.2) is 5.96 Å². The molecule has 0 aliphatic carbocycles. The molecule has 26 heteroatoms. The Balaban J connectivity index is 3.50.